The number of benzene rings is 1. The third-order valence-corrected chi connectivity index (χ3v) is 3.74. The Bertz CT molecular complexity index is 297. The smallest absolute Gasteiger partial charge is 0.110 e. The second-order valence-corrected chi connectivity index (χ2v) is 4.69. The molecule has 1 aliphatic rings. The third kappa shape index (κ3) is 2.39. The monoisotopic (exact) mass is 206 g/mol. The third-order valence-electron chi connectivity index (χ3n) is 3.74. The molecule has 1 saturated heterocycles. The summed E-state index contributed by atoms with van der Waals surface area (Å²) in [6.07, 6.45) is 1.36. The highest BCUT2D eigenvalue weighted by Gasteiger charge is 2.30. The lowest BCUT2D eigenvalue weighted by molar-refractivity contribution is -0.919. The molecule has 0 radical (unpaired) electrons. The van der Waals surface area contributed by atoms with E-state index in [0.29, 0.717) is 6.04 Å². The first-order valence-electron chi connectivity index (χ1n) is 6.00. The fourth-order valence-corrected chi connectivity index (χ4v) is 2.58. The molecule has 15 heavy (non-hydrogen) atoms. The molecule has 3 atom stereocenters. The van der Waals surface area contributed by atoms with Gasteiger partial charge in [0.25, 0.3) is 0 Å². The fourth-order valence-electron chi connectivity index (χ4n) is 2.58. The summed E-state index contributed by atoms with van der Waals surface area (Å²) < 4.78 is 0. The normalized spacial score (nSPS) is 27.9. The number of hydrogen-bond donors (Lipinski definition) is 2. The fraction of sp³-hybridized carbons (Fsp3) is 0.538. The van der Waals surface area contributed by atoms with E-state index < -0.39 is 0 Å². The van der Waals surface area contributed by atoms with E-state index >= 15 is 0 Å². The van der Waals surface area contributed by atoms with Crippen molar-refractivity contribution in [2.24, 2.45) is 5.92 Å². The average Bonchev–Trinajstić information content (AvgIpc) is 2.78. The van der Waals surface area contributed by atoms with Crippen molar-refractivity contribution in [3.05, 3.63) is 35.9 Å². The van der Waals surface area contributed by atoms with E-state index in [1.165, 1.54) is 25.1 Å². The Balaban J connectivity index is 2.00. The molecule has 0 aliphatic carbocycles. The lowest BCUT2D eigenvalue weighted by atomic mass is 10.1. The van der Waals surface area contributed by atoms with E-state index in [1.807, 2.05) is 0 Å². The van der Waals surface area contributed by atoms with E-state index in [0.717, 1.165) is 12.5 Å². The van der Waals surface area contributed by atoms with Gasteiger partial charge in [-0.15, -0.1) is 0 Å². The van der Waals surface area contributed by atoms with Crippen LogP contribution in [0.3, 0.4) is 0 Å². The Labute approximate surface area is 92.1 Å². The van der Waals surface area contributed by atoms with Crippen molar-refractivity contribution >= 4 is 0 Å². The van der Waals surface area contributed by atoms with E-state index in [4.69, 9.17) is 0 Å². The maximum atomic E-state index is 4.02. The minimum atomic E-state index is 0.641. The summed E-state index contributed by atoms with van der Waals surface area (Å²) in [4.78, 5) is 1.73. The Morgan fingerprint density at radius 1 is 1.40 bits per heavy atom. The minimum Gasteiger partial charge on any atom is -0.357 e. The zero-order valence-corrected chi connectivity index (χ0v) is 9.58. The van der Waals surface area contributed by atoms with Gasteiger partial charge in [-0.05, 0) is 6.92 Å². The predicted octanol–water partition coefficient (Wildman–Crippen LogP) is -0.106. The van der Waals surface area contributed by atoms with Gasteiger partial charge < -0.3 is 10.6 Å². The van der Waals surface area contributed by atoms with Crippen molar-refractivity contribution in [1.82, 2.24) is 0 Å². The molecule has 0 bridgehead atoms. The van der Waals surface area contributed by atoms with E-state index in [1.54, 1.807) is 4.90 Å². The van der Waals surface area contributed by atoms with Crippen molar-refractivity contribution in [2.45, 2.75) is 19.4 Å². The van der Waals surface area contributed by atoms with Gasteiger partial charge in [-0.2, -0.15) is 0 Å². The Morgan fingerprint density at radius 2 is 2.13 bits per heavy atom. The van der Waals surface area contributed by atoms with Gasteiger partial charge in [-0.25, -0.2) is 0 Å². The Morgan fingerprint density at radius 3 is 2.73 bits per heavy atom. The lowest BCUT2D eigenvalue weighted by Crippen LogP contribution is -3.10. The zero-order chi connectivity index (χ0) is 10.7. The van der Waals surface area contributed by atoms with Crippen LogP contribution in [0.4, 0.5) is 0 Å². The molecule has 1 aromatic carbocycles. The van der Waals surface area contributed by atoms with Crippen LogP contribution in [-0.4, -0.2) is 19.6 Å². The van der Waals surface area contributed by atoms with Crippen LogP contribution in [0.2, 0.25) is 0 Å². The maximum absolute atomic E-state index is 4.02. The van der Waals surface area contributed by atoms with Gasteiger partial charge in [0.1, 0.15) is 6.04 Å². The average molecular weight is 206 g/mol. The van der Waals surface area contributed by atoms with Crippen LogP contribution in [0.25, 0.3) is 0 Å². The molecule has 2 nitrogen and oxygen atoms in total. The molecule has 0 aromatic heterocycles. The molecule has 1 fully saturated rings. The summed E-state index contributed by atoms with van der Waals surface area (Å²) in [6, 6.07) is 11.5. The van der Waals surface area contributed by atoms with Crippen LogP contribution in [0.15, 0.2) is 30.3 Å². The largest absolute Gasteiger partial charge is 0.357 e. The summed E-state index contributed by atoms with van der Waals surface area (Å²) in [5.74, 6) is 0.853. The molecule has 2 heteroatoms. The van der Waals surface area contributed by atoms with Gasteiger partial charge in [0.15, 0.2) is 0 Å². The zero-order valence-electron chi connectivity index (χ0n) is 9.58. The quantitative estimate of drug-likeness (QED) is 0.692. The van der Waals surface area contributed by atoms with Crippen LogP contribution in [0, 0.1) is 5.92 Å². The van der Waals surface area contributed by atoms with Crippen LogP contribution in [-0.2, 0) is 0 Å². The highest BCUT2D eigenvalue weighted by molar-refractivity contribution is 5.16. The summed E-state index contributed by atoms with van der Waals surface area (Å²) in [5.41, 5.74) is 5.49. The molecule has 1 aliphatic heterocycles. The van der Waals surface area contributed by atoms with Gasteiger partial charge >= 0.3 is 0 Å². The van der Waals surface area contributed by atoms with Crippen molar-refractivity contribution in [3.8, 4) is 0 Å². The number of quaternary nitrogens is 2. The Hall–Kier alpha value is -0.860. The molecular weight excluding hydrogens is 184 g/mol. The summed E-state index contributed by atoms with van der Waals surface area (Å²) in [5, 5.41) is 0. The number of nitrogens with one attached hydrogen (secondary N) is 1. The summed E-state index contributed by atoms with van der Waals surface area (Å²) in [7, 11) is 0. The minimum absolute atomic E-state index is 0.641. The van der Waals surface area contributed by atoms with Gasteiger partial charge in [-0.3, -0.25) is 0 Å². The Kier molecular flexibility index (Phi) is 3.39. The summed E-state index contributed by atoms with van der Waals surface area (Å²) in [6.45, 7) is 6.07. The molecule has 1 aromatic rings. The van der Waals surface area contributed by atoms with Crippen LogP contribution in [0.1, 0.15) is 24.9 Å². The van der Waals surface area contributed by atoms with Gasteiger partial charge in [0.2, 0.25) is 0 Å². The molecular formula is C13H22N2+2. The molecule has 1 heterocycles. The van der Waals surface area contributed by atoms with Crippen molar-refractivity contribution < 1.29 is 10.6 Å². The standard InChI is InChI=1S/C13H20N2/c1-11(13-5-3-2-4-6-13)15-8-7-12(9-14)10-15/h2-6,11-12H,7-10,14H2,1H3/p+2/t11-,12-/m1/s1. The highest BCUT2D eigenvalue weighted by Crippen LogP contribution is 2.11. The van der Waals surface area contributed by atoms with Crippen molar-refractivity contribution in [2.75, 3.05) is 19.6 Å². The molecule has 1 unspecified atom stereocenters. The predicted molar refractivity (Wildman–Crippen MR) is 61.4 cm³/mol. The molecule has 0 amide bonds. The van der Waals surface area contributed by atoms with E-state index in [9.17, 15) is 0 Å². The van der Waals surface area contributed by atoms with Crippen molar-refractivity contribution in [1.29, 1.82) is 0 Å². The first kappa shape index (κ1) is 10.7. The molecule has 82 valence electrons. The number of rotatable bonds is 3. The van der Waals surface area contributed by atoms with Gasteiger partial charge in [-0.1, -0.05) is 30.3 Å². The van der Waals surface area contributed by atoms with Gasteiger partial charge in [0, 0.05) is 12.0 Å². The first-order chi connectivity index (χ1) is 7.31. The first-order valence-corrected chi connectivity index (χ1v) is 6.00. The number of hydrogen-bond acceptors (Lipinski definition) is 0. The van der Waals surface area contributed by atoms with Crippen molar-refractivity contribution in [3.63, 3.8) is 0 Å². The second kappa shape index (κ2) is 4.77. The number of likely N-dealkylation sites (tertiary alicyclic amines) is 1. The maximum Gasteiger partial charge on any atom is 0.110 e. The molecule has 4 N–H and O–H groups in total. The molecule has 0 spiro atoms. The summed E-state index contributed by atoms with van der Waals surface area (Å²) >= 11 is 0. The lowest BCUT2D eigenvalue weighted by Gasteiger charge is -2.21. The van der Waals surface area contributed by atoms with Crippen LogP contribution in [0.5, 0.6) is 0 Å². The highest BCUT2D eigenvalue weighted by atomic mass is 15.2. The molecule has 0 saturated carbocycles. The SMILES string of the molecule is C[C@H](c1ccccc1)[NH+]1CC[C@H](C[NH3+])C1. The van der Waals surface area contributed by atoms with E-state index in [-0.39, 0.29) is 0 Å². The van der Waals surface area contributed by atoms with Crippen LogP contribution < -0.4 is 10.6 Å². The molecule has 2 rings (SSSR count). The second-order valence-electron chi connectivity index (χ2n) is 4.69. The topological polar surface area (TPSA) is 32.1 Å². The van der Waals surface area contributed by atoms with Gasteiger partial charge in [0.05, 0.1) is 25.6 Å². The van der Waals surface area contributed by atoms with E-state index in [2.05, 4.69) is 43.0 Å². The van der Waals surface area contributed by atoms with Crippen LogP contribution >= 0.6 is 0 Å².